The van der Waals surface area contributed by atoms with E-state index in [1.165, 1.54) is 19.2 Å². The summed E-state index contributed by atoms with van der Waals surface area (Å²) in [4.78, 5) is 23.5. The third kappa shape index (κ3) is 3.00. The highest BCUT2D eigenvalue weighted by molar-refractivity contribution is 6.43. The summed E-state index contributed by atoms with van der Waals surface area (Å²) in [5.41, 5.74) is 0.0170. The minimum absolute atomic E-state index is 0.0961. The Morgan fingerprint density at radius 1 is 1.29 bits per heavy atom. The van der Waals surface area contributed by atoms with Gasteiger partial charge in [0.15, 0.2) is 5.82 Å². The van der Waals surface area contributed by atoms with Crippen LogP contribution in [-0.2, 0) is 9.59 Å². The molecule has 0 atom stereocenters. The second-order valence-electron chi connectivity index (χ2n) is 5.18. The fourth-order valence-electron chi connectivity index (χ4n) is 2.29. The van der Waals surface area contributed by atoms with Crippen LogP contribution in [0.3, 0.4) is 0 Å². The van der Waals surface area contributed by atoms with Gasteiger partial charge in [-0.05, 0) is 12.1 Å². The average Bonchev–Trinajstić information content (AvgIpc) is 2.98. The van der Waals surface area contributed by atoms with Gasteiger partial charge in [0.2, 0.25) is 5.91 Å². The quantitative estimate of drug-likeness (QED) is 0.899. The molecule has 124 valence electrons. The predicted molar refractivity (Wildman–Crippen MR) is 82.0 cm³/mol. The van der Waals surface area contributed by atoms with Crippen LogP contribution in [0, 0.1) is 11.6 Å². The molecule has 24 heavy (non-hydrogen) atoms. The lowest BCUT2D eigenvalue weighted by Crippen LogP contribution is -2.34. The Labute approximate surface area is 135 Å². The maximum Gasteiger partial charge on any atom is 0.273 e. The van der Waals surface area contributed by atoms with Crippen LogP contribution in [0.2, 0.25) is 0 Å². The molecule has 7 nitrogen and oxygen atoms in total. The molecular weight excluding hydrogens is 320 g/mol. The van der Waals surface area contributed by atoms with Crippen molar-refractivity contribution in [1.29, 1.82) is 0 Å². The molecule has 0 radical (unpaired) electrons. The maximum atomic E-state index is 13.7. The van der Waals surface area contributed by atoms with E-state index in [0.717, 1.165) is 17.1 Å². The normalized spacial score (nSPS) is 14.5. The molecule has 1 aromatic carbocycles. The van der Waals surface area contributed by atoms with Crippen LogP contribution in [-0.4, -0.2) is 39.8 Å². The van der Waals surface area contributed by atoms with Gasteiger partial charge in [-0.25, -0.2) is 13.8 Å². The topological polar surface area (TPSA) is 90.4 Å². The number of hydrazone groups is 1. The van der Waals surface area contributed by atoms with Gasteiger partial charge in [0.25, 0.3) is 5.91 Å². The summed E-state index contributed by atoms with van der Waals surface area (Å²) in [6, 6.07) is 4.83. The second-order valence-corrected chi connectivity index (χ2v) is 5.18. The first kappa shape index (κ1) is 15.8. The van der Waals surface area contributed by atoms with Crippen LogP contribution >= 0.6 is 0 Å². The van der Waals surface area contributed by atoms with Gasteiger partial charge in [-0.3, -0.25) is 14.7 Å². The molecule has 2 aromatic rings. The number of aromatic nitrogens is 2. The molecule has 0 fully saturated rings. The molecular formula is C15H13F2N5O2. The zero-order chi connectivity index (χ0) is 17.3. The van der Waals surface area contributed by atoms with Crippen LogP contribution in [0.15, 0.2) is 29.4 Å². The van der Waals surface area contributed by atoms with Crippen LogP contribution < -0.4 is 5.32 Å². The minimum atomic E-state index is -0.742. The van der Waals surface area contributed by atoms with Crippen molar-refractivity contribution in [1.82, 2.24) is 15.2 Å². The van der Waals surface area contributed by atoms with E-state index in [-0.39, 0.29) is 41.5 Å². The number of H-pyrrole nitrogens is 1. The number of nitrogens with one attached hydrogen (secondary N) is 2. The molecule has 0 aliphatic carbocycles. The lowest BCUT2D eigenvalue weighted by Gasteiger charge is -2.18. The van der Waals surface area contributed by atoms with E-state index in [0.29, 0.717) is 0 Å². The molecule has 1 aromatic heterocycles. The number of carbonyl (C=O) groups is 2. The molecule has 2 heterocycles. The zero-order valence-corrected chi connectivity index (χ0v) is 12.6. The van der Waals surface area contributed by atoms with Crippen molar-refractivity contribution >= 4 is 23.3 Å². The van der Waals surface area contributed by atoms with Crippen molar-refractivity contribution in [3.05, 3.63) is 35.9 Å². The molecule has 0 saturated heterocycles. The number of halogens is 2. The second kappa shape index (κ2) is 6.19. The number of hydrogen-bond acceptors (Lipinski definition) is 4. The zero-order valence-electron chi connectivity index (χ0n) is 12.6. The Bertz CT molecular complexity index is 826. The van der Waals surface area contributed by atoms with Gasteiger partial charge in [-0.15, -0.1) is 0 Å². The van der Waals surface area contributed by atoms with E-state index in [4.69, 9.17) is 0 Å². The van der Waals surface area contributed by atoms with E-state index in [2.05, 4.69) is 20.6 Å². The van der Waals surface area contributed by atoms with Crippen molar-refractivity contribution in [2.24, 2.45) is 5.10 Å². The lowest BCUT2D eigenvalue weighted by atomic mass is 10.1. The van der Waals surface area contributed by atoms with Crippen molar-refractivity contribution < 1.29 is 18.4 Å². The Kier molecular flexibility index (Phi) is 4.07. The number of hydrogen-bond donors (Lipinski definition) is 2. The summed E-state index contributed by atoms with van der Waals surface area (Å²) >= 11 is 0. The highest BCUT2D eigenvalue weighted by Gasteiger charge is 2.23. The number of amides is 2. The van der Waals surface area contributed by atoms with Crippen molar-refractivity contribution in [2.45, 2.75) is 12.8 Å². The molecule has 9 heteroatoms. The molecule has 0 unspecified atom stereocenters. The molecule has 1 aliphatic heterocycles. The number of nitrogens with zero attached hydrogens (tertiary/aromatic N) is 3. The van der Waals surface area contributed by atoms with E-state index < -0.39 is 17.5 Å². The van der Waals surface area contributed by atoms with E-state index in [9.17, 15) is 18.4 Å². The van der Waals surface area contributed by atoms with Crippen LogP contribution in [0.1, 0.15) is 12.8 Å². The SMILES string of the molecule is CN1N=C(C(=O)Nc2cc(-c3c(F)cccc3F)[nH]n2)CCC1=O. The summed E-state index contributed by atoms with van der Waals surface area (Å²) < 4.78 is 27.5. The standard InChI is InChI=1S/C15H13F2N5O2/c1-22-13(23)6-5-10(21-22)15(24)18-12-7-11(19-20-12)14-8(16)3-2-4-9(14)17/h2-4,7H,5-6H2,1H3,(H2,18,19,20,24). The molecule has 0 spiro atoms. The lowest BCUT2D eigenvalue weighted by molar-refractivity contribution is -0.130. The molecule has 2 amide bonds. The summed E-state index contributed by atoms with van der Waals surface area (Å²) in [5, 5.41) is 13.8. The van der Waals surface area contributed by atoms with Crippen LogP contribution in [0.25, 0.3) is 11.3 Å². The van der Waals surface area contributed by atoms with Crippen molar-refractivity contribution in [3.8, 4) is 11.3 Å². The molecule has 2 N–H and O–H groups in total. The fraction of sp³-hybridized carbons (Fsp3) is 0.200. The largest absolute Gasteiger partial charge is 0.304 e. The van der Waals surface area contributed by atoms with E-state index >= 15 is 0 Å². The Morgan fingerprint density at radius 3 is 2.67 bits per heavy atom. The summed E-state index contributed by atoms with van der Waals surface area (Å²) in [5.74, 6) is -2.09. The molecule has 0 saturated carbocycles. The Hall–Kier alpha value is -3.10. The van der Waals surface area contributed by atoms with E-state index in [1.54, 1.807) is 0 Å². The molecule has 1 aliphatic rings. The smallest absolute Gasteiger partial charge is 0.273 e. The summed E-state index contributed by atoms with van der Waals surface area (Å²) in [7, 11) is 1.46. The van der Waals surface area contributed by atoms with Gasteiger partial charge in [-0.1, -0.05) is 6.07 Å². The minimum Gasteiger partial charge on any atom is -0.304 e. The number of carbonyl (C=O) groups excluding carboxylic acids is 2. The first-order chi connectivity index (χ1) is 11.5. The fourth-order valence-corrected chi connectivity index (χ4v) is 2.29. The van der Waals surface area contributed by atoms with Gasteiger partial charge in [-0.2, -0.15) is 10.2 Å². The summed E-state index contributed by atoms with van der Waals surface area (Å²) in [6.07, 6.45) is 0.406. The van der Waals surface area contributed by atoms with Gasteiger partial charge in [0.05, 0.1) is 11.3 Å². The Morgan fingerprint density at radius 2 is 2.00 bits per heavy atom. The van der Waals surface area contributed by atoms with Gasteiger partial charge >= 0.3 is 0 Å². The van der Waals surface area contributed by atoms with E-state index in [1.807, 2.05) is 0 Å². The van der Waals surface area contributed by atoms with Crippen LogP contribution in [0.4, 0.5) is 14.6 Å². The first-order valence-corrected chi connectivity index (χ1v) is 7.11. The number of aromatic amines is 1. The Balaban J connectivity index is 1.78. The predicted octanol–water partition coefficient (Wildman–Crippen LogP) is 1.90. The molecule has 0 bridgehead atoms. The highest BCUT2D eigenvalue weighted by Crippen LogP contribution is 2.25. The monoisotopic (exact) mass is 333 g/mol. The van der Waals surface area contributed by atoms with Gasteiger partial charge in [0.1, 0.15) is 17.3 Å². The molecule has 3 rings (SSSR count). The third-order valence-electron chi connectivity index (χ3n) is 3.52. The first-order valence-electron chi connectivity index (χ1n) is 7.11. The third-order valence-corrected chi connectivity index (χ3v) is 3.52. The number of rotatable bonds is 3. The average molecular weight is 333 g/mol. The van der Waals surface area contributed by atoms with Crippen molar-refractivity contribution in [3.63, 3.8) is 0 Å². The van der Waals surface area contributed by atoms with Gasteiger partial charge in [0, 0.05) is 26.0 Å². The highest BCUT2D eigenvalue weighted by atomic mass is 19.1. The van der Waals surface area contributed by atoms with Gasteiger partial charge < -0.3 is 5.32 Å². The van der Waals surface area contributed by atoms with Crippen molar-refractivity contribution in [2.75, 3.05) is 12.4 Å². The number of anilines is 1. The summed E-state index contributed by atoms with van der Waals surface area (Å²) in [6.45, 7) is 0. The van der Waals surface area contributed by atoms with Crippen LogP contribution in [0.5, 0.6) is 0 Å². The maximum absolute atomic E-state index is 13.7. The number of benzene rings is 1.